The maximum Gasteiger partial charge on any atom is 0.229 e. The zero-order valence-corrected chi connectivity index (χ0v) is 15.4. The normalized spacial score (nSPS) is 10.3. The van der Waals surface area contributed by atoms with E-state index in [1.54, 1.807) is 12.3 Å². The lowest BCUT2D eigenvalue weighted by Gasteiger charge is -2.09. The standard InChI is InChI=1S/C20H18BrN3O/c1-14-6-8-16(9-7-14)23-17-10-11-19(22-13-17)24-20(25)12-15-4-2-3-5-18(15)21/h2-11,13,23H,12H2,1H3,(H,22,24,25). The summed E-state index contributed by atoms with van der Waals surface area (Å²) in [5.41, 5.74) is 4.02. The number of pyridine rings is 1. The molecule has 0 fully saturated rings. The number of carbonyl (C=O) groups is 1. The largest absolute Gasteiger partial charge is 0.354 e. The van der Waals surface area contributed by atoms with Crippen molar-refractivity contribution in [1.82, 2.24) is 4.98 Å². The molecule has 126 valence electrons. The summed E-state index contributed by atoms with van der Waals surface area (Å²) in [6, 6.07) is 19.5. The predicted molar refractivity (Wildman–Crippen MR) is 105 cm³/mol. The molecule has 0 aliphatic rings. The van der Waals surface area contributed by atoms with Crippen molar-refractivity contribution in [3.8, 4) is 0 Å². The lowest BCUT2D eigenvalue weighted by atomic mass is 10.1. The molecule has 1 amide bonds. The van der Waals surface area contributed by atoms with Crippen LogP contribution in [-0.2, 0) is 11.2 Å². The van der Waals surface area contributed by atoms with E-state index in [0.717, 1.165) is 21.4 Å². The average Bonchev–Trinajstić information content (AvgIpc) is 2.61. The maximum atomic E-state index is 12.2. The highest BCUT2D eigenvalue weighted by molar-refractivity contribution is 9.10. The Kier molecular flexibility index (Phi) is 5.46. The molecule has 1 heterocycles. The molecular weight excluding hydrogens is 378 g/mol. The van der Waals surface area contributed by atoms with Crippen LogP contribution in [0.1, 0.15) is 11.1 Å². The monoisotopic (exact) mass is 395 g/mol. The highest BCUT2D eigenvalue weighted by atomic mass is 79.9. The molecule has 3 rings (SSSR count). The lowest BCUT2D eigenvalue weighted by Crippen LogP contribution is -2.15. The molecule has 0 atom stereocenters. The Labute approximate surface area is 155 Å². The number of nitrogens with one attached hydrogen (secondary N) is 2. The minimum Gasteiger partial charge on any atom is -0.354 e. The molecule has 0 aliphatic carbocycles. The van der Waals surface area contributed by atoms with Gasteiger partial charge in [0.05, 0.1) is 18.3 Å². The van der Waals surface area contributed by atoms with Gasteiger partial charge >= 0.3 is 0 Å². The van der Waals surface area contributed by atoms with Gasteiger partial charge in [-0.1, -0.05) is 51.8 Å². The van der Waals surface area contributed by atoms with E-state index >= 15 is 0 Å². The van der Waals surface area contributed by atoms with Crippen molar-refractivity contribution in [1.29, 1.82) is 0 Å². The molecule has 4 nitrogen and oxygen atoms in total. The Morgan fingerprint density at radius 3 is 2.40 bits per heavy atom. The van der Waals surface area contributed by atoms with Gasteiger partial charge in [0.25, 0.3) is 0 Å². The molecule has 0 aliphatic heterocycles. The molecule has 0 radical (unpaired) electrons. The number of halogens is 1. The van der Waals surface area contributed by atoms with Crippen LogP contribution < -0.4 is 10.6 Å². The SMILES string of the molecule is Cc1ccc(Nc2ccc(NC(=O)Cc3ccccc3Br)nc2)cc1. The van der Waals surface area contributed by atoms with Crippen LogP contribution in [0.25, 0.3) is 0 Å². The van der Waals surface area contributed by atoms with Crippen LogP contribution in [-0.4, -0.2) is 10.9 Å². The molecule has 2 N–H and O–H groups in total. The second-order valence-corrected chi connectivity index (χ2v) is 6.59. The molecule has 1 aromatic heterocycles. The number of anilines is 3. The fourth-order valence-corrected chi connectivity index (χ4v) is 2.77. The van der Waals surface area contributed by atoms with Crippen LogP contribution in [0.3, 0.4) is 0 Å². The van der Waals surface area contributed by atoms with Crippen molar-refractivity contribution in [3.05, 3.63) is 82.5 Å². The predicted octanol–water partition coefficient (Wildman–Crippen LogP) is 5.08. The van der Waals surface area contributed by atoms with Gasteiger partial charge in [-0.05, 0) is 42.8 Å². The summed E-state index contributed by atoms with van der Waals surface area (Å²) in [5.74, 6) is 0.435. The van der Waals surface area contributed by atoms with E-state index in [1.165, 1.54) is 5.56 Å². The molecule has 25 heavy (non-hydrogen) atoms. The molecule has 2 aromatic carbocycles. The summed E-state index contributed by atoms with van der Waals surface area (Å²) in [6.07, 6.45) is 2.00. The average molecular weight is 396 g/mol. The van der Waals surface area contributed by atoms with Crippen LogP contribution >= 0.6 is 15.9 Å². The van der Waals surface area contributed by atoms with Crippen molar-refractivity contribution in [2.24, 2.45) is 0 Å². The van der Waals surface area contributed by atoms with Crippen LogP contribution in [0.15, 0.2) is 71.3 Å². The Morgan fingerprint density at radius 2 is 1.72 bits per heavy atom. The highest BCUT2D eigenvalue weighted by Gasteiger charge is 2.07. The van der Waals surface area contributed by atoms with Crippen molar-refractivity contribution in [2.45, 2.75) is 13.3 Å². The van der Waals surface area contributed by atoms with E-state index in [1.807, 2.05) is 54.6 Å². The van der Waals surface area contributed by atoms with Crippen LogP contribution in [0.4, 0.5) is 17.2 Å². The number of hydrogen-bond donors (Lipinski definition) is 2. The first-order chi connectivity index (χ1) is 12.1. The van der Waals surface area contributed by atoms with Gasteiger partial charge in [0, 0.05) is 10.2 Å². The fraction of sp³-hybridized carbons (Fsp3) is 0.100. The molecule has 5 heteroatoms. The third-order valence-electron chi connectivity index (χ3n) is 3.68. The molecule has 3 aromatic rings. The summed E-state index contributed by atoms with van der Waals surface area (Å²) in [5, 5.41) is 6.10. The number of amides is 1. The third-order valence-corrected chi connectivity index (χ3v) is 4.45. The van der Waals surface area contributed by atoms with Gasteiger partial charge in [0.2, 0.25) is 5.91 Å². The van der Waals surface area contributed by atoms with Gasteiger partial charge < -0.3 is 10.6 Å². The van der Waals surface area contributed by atoms with Crippen molar-refractivity contribution in [2.75, 3.05) is 10.6 Å². The van der Waals surface area contributed by atoms with Gasteiger partial charge in [-0.15, -0.1) is 0 Å². The van der Waals surface area contributed by atoms with Gasteiger partial charge in [0.1, 0.15) is 5.82 Å². The zero-order valence-electron chi connectivity index (χ0n) is 13.8. The first-order valence-electron chi connectivity index (χ1n) is 7.93. The number of benzene rings is 2. The van der Waals surface area contributed by atoms with Gasteiger partial charge in [0.15, 0.2) is 0 Å². The molecule has 0 spiro atoms. The maximum absolute atomic E-state index is 12.2. The third kappa shape index (κ3) is 4.90. The van der Waals surface area contributed by atoms with E-state index in [2.05, 4.69) is 38.5 Å². The number of nitrogens with zero attached hydrogens (tertiary/aromatic N) is 1. The first-order valence-corrected chi connectivity index (χ1v) is 8.72. The molecule has 0 saturated heterocycles. The Morgan fingerprint density at radius 1 is 1.00 bits per heavy atom. The van der Waals surface area contributed by atoms with Gasteiger partial charge in [-0.2, -0.15) is 0 Å². The number of carbonyl (C=O) groups excluding carboxylic acids is 1. The highest BCUT2D eigenvalue weighted by Crippen LogP contribution is 2.19. The molecular formula is C20H18BrN3O. The van der Waals surface area contributed by atoms with Crippen molar-refractivity contribution >= 4 is 39.0 Å². The Hall–Kier alpha value is -2.66. The van der Waals surface area contributed by atoms with Crippen LogP contribution in [0.5, 0.6) is 0 Å². The lowest BCUT2D eigenvalue weighted by molar-refractivity contribution is -0.115. The van der Waals surface area contributed by atoms with Crippen molar-refractivity contribution in [3.63, 3.8) is 0 Å². The second kappa shape index (κ2) is 7.94. The number of hydrogen-bond acceptors (Lipinski definition) is 3. The first kappa shape index (κ1) is 17.2. The summed E-state index contributed by atoms with van der Waals surface area (Å²) >= 11 is 3.45. The fourth-order valence-electron chi connectivity index (χ4n) is 2.35. The summed E-state index contributed by atoms with van der Waals surface area (Å²) in [4.78, 5) is 16.4. The number of aromatic nitrogens is 1. The van der Waals surface area contributed by atoms with E-state index in [0.29, 0.717) is 12.2 Å². The zero-order chi connectivity index (χ0) is 17.6. The summed E-state index contributed by atoms with van der Waals surface area (Å²) < 4.78 is 0.927. The van der Waals surface area contributed by atoms with E-state index in [9.17, 15) is 4.79 Å². The van der Waals surface area contributed by atoms with Gasteiger partial charge in [-0.3, -0.25) is 4.79 Å². The summed E-state index contributed by atoms with van der Waals surface area (Å²) in [7, 11) is 0. The topological polar surface area (TPSA) is 54.0 Å². The van der Waals surface area contributed by atoms with Crippen LogP contribution in [0.2, 0.25) is 0 Å². The number of rotatable bonds is 5. The van der Waals surface area contributed by atoms with Gasteiger partial charge in [-0.25, -0.2) is 4.98 Å². The smallest absolute Gasteiger partial charge is 0.229 e. The number of aryl methyl sites for hydroxylation is 1. The Balaban J connectivity index is 1.59. The van der Waals surface area contributed by atoms with Crippen molar-refractivity contribution < 1.29 is 4.79 Å². The molecule has 0 saturated carbocycles. The minimum atomic E-state index is -0.0985. The van der Waals surface area contributed by atoms with E-state index in [-0.39, 0.29) is 5.91 Å². The van der Waals surface area contributed by atoms with E-state index < -0.39 is 0 Å². The van der Waals surface area contributed by atoms with E-state index in [4.69, 9.17) is 0 Å². The minimum absolute atomic E-state index is 0.0985. The summed E-state index contributed by atoms with van der Waals surface area (Å²) in [6.45, 7) is 2.05. The Bertz CT molecular complexity index is 861. The van der Waals surface area contributed by atoms with Crippen LogP contribution in [0, 0.1) is 6.92 Å². The second-order valence-electron chi connectivity index (χ2n) is 5.74. The molecule has 0 bridgehead atoms. The quantitative estimate of drug-likeness (QED) is 0.633. The molecule has 0 unspecified atom stereocenters.